The van der Waals surface area contributed by atoms with Gasteiger partial charge in [-0.15, -0.1) is 0 Å². The summed E-state index contributed by atoms with van der Waals surface area (Å²) in [5.41, 5.74) is 0. The smallest absolute Gasteiger partial charge is 0.306 e. The molecule has 0 bridgehead atoms. The summed E-state index contributed by atoms with van der Waals surface area (Å²) in [6.45, 7) is 6.45. The quantitative estimate of drug-likeness (QED) is 0.0262. The fraction of sp³-hybridized carbons (Fsp3) is 0.721. The fourth-order valence-electron chi connectivity index (χ4n) is 7.63. The summed E-state index contributed by atoms with van der Waals surface area (Å²) in [5, 5.41) is 0. The number of hydrogen-bond donors (Lipinski definition) is 0. The number of carbonyl (C=O) groups excluding carboxylic acids is 3. The van der Waals surface area contributed by atoms with Gasteiger partial charge in [0.1, 0.15) is 13.2 Å². The predicted octanol–water partition coefficient (Wildman–Crippen LogP) is 18.8. The molecular formula is C61H104O6. The van der Waals surface area contributed by atoms with Crippen molar-refractivity contribution in [2.45, 2.75) is 271 Å². The molecule has 6 nitrogen and oxygen atoms in total. The summed E-state index contributed by atoms with van der Waals surface area (Å²) in [5.74, 6) is -0.940. The van der Waals surface area contributed by atoms with Crippen LogP contribution in [0.4, 0.5) is 0 Å². The van der Waals surface area contributed by atoms with E-state index in [-0.39, 0.29) is 31.1 Å². The molecule has 1 unspecified atom stereocenters. The van der Waals surface area contributed by atoms with E-state index in [1.54, 1.807) is 0 Å². The zero-order chi connectivity index (χ0) is 48.6. The highest BCUT2D eigenvalue weighted by Gasteiger charge is 2.19. The number of hydrogen-bond acceptors (Lipinski definition) is 6. The highest BCUT2D eigenvalue weighted by Crippen LogP contribution is 2.14. The van der Waals surface area contributed by atoms with E-state index in [2.05, 4.69) is 106 Å². The van der Waals surface area contributed by atoms with Gasteiger partial charge < -0.3 is 14.2 Å². The van der Waals surface area contributed by atoms with Crippen LogP contribution in [-0.2, 0) is 28.6 Å². The van der Waals surface area contributed by atoms with Gasteiger partial charge in [0.05, 0.1) is 0 Å². The van der Waals surface area contributed by atoms with E-state index in [1.807, 2.05) is 0 Å². The maximum absolute atomic E-state index is 12.8. The molecule has 0 spiro atoms. The van der Waals surface area contributed by atoms with Gasteiger partial charge in [-0.1, -0.05) is 215 Å². The Hall–Kier alpha value is -3.41. The Morgan fingerprint density at radius 2 is 0.582 bits per heavy atom. The van der Waals surface area contributed by atoms with E-state index in [4.69, 9.17) is 14.2 Å². The third kappa shape index (κ3) is 53.4. The van der Waals surface area contributed by atoms with Crippen LogP contribution in [0.25, 0.3) is 0 Å². The number of unbranched alkanes of at least 4 members (excludes halogenated alkanes) is 25. The molecule has 6 heteroatoms. The summed E-state index contributed by atoms with van der Waals surface area (Å²) in [4.78, 5) is 38.1. The van der Waals surface area contributed by atoms with Crippen LogP contribution in [0, 0.1) is 0 Å². The highest BCUT2D eigenvalue weighted by atomic mass is 16.6. The van der Waals surface area contributed by atoms with Crippen LogP contribution < -0.4 is 0 Å². The van der Waals surface area contributed by atoms with E-state index in [0.29, 0.717) is 19.3 Å². The van der Waals surface area contributed by atoms with Gasteiger partial charge in [-0.25, -0.2) is 0 Å². The van der Waals surface area contributed by atoms with Crippen molar-refractivity contribution in [2.75, 3.05) is 13.2 Å². The SMILES string of the molecule is CC/C=C\C/C=C\C/C=C\CCCCCC(=O)OCC(COC(=O)CCCCCCCCCCC/C=C\C/C=C\CCCCCCC)OC(=O)CCCCCCC/C=C\C/C=C\CCCCC. The molecule has 0 rings (SSSR count). The molecule has 0 aromatic carbocycles. The molecule has 0 aromatic rings. The first-order valence-corrected chi connectivity index (χ1v) is 28.1. The molecule has 0 aliphatic heterocycles. The topological polar surface area (TPSA) is 78.9 Å². The van der Waals surface area contributed by atoms with E-state index in [9.17, 15) is 14.4 Å². The molecule has 0 aromatic heterocycles. The summed E-state index contributed by atoms with van der Waals surface area (Å²) in [6.07, 6.45) is 71.4. The summed E-state index contributed by atoms with van der Waals surface area (Å²) in [6, 6.07) is 0. The molecule has 0 radical (unpaired) electrons. The third-order valence-corrected chi connectivity index (χ3v) is 11.9. The predicted molar refractivity (Wildman–Crippen MR) is 288 cm³/mol. The Labute approximate surface area is 414 Å². The zero-order valence-corrected chi connectivity index (χ0v) is 43.9. The van der Waals surface area contributed by atoms with Crippen LogP contribution in [0.5, 0.6) is 0 Å². The van der Waals surface area contributed by atoms with Gasteiger partial charge in [0.2, 0.25) is 0 Å². The molecule has 0 N–H and O–H groups in total. The van der Waals surface area contributed by atoms with Gasteiger partial charge in [-0.3, -0.25) is 14.4 Å². The van der Waals surface area contributed by atoms with Crippen LogP contribution in [-0.4, -0.2) is 37.2 Å². The molecular weight excluding hydrogens is 829 g/mol. The van der Waals surface area contributed by atoms with Crippen molar-refractivity contribution in [3.05, 3.63) is 85.1 Å². The Morgan fingerprint density at radius 1 is 0.313 bits per heavy atom. The summed E-state index contributed by atoms with van der Waals surface area (Å²) in [7, 11) is 0. The molecule has 0 aliphatic carbocycles. The van der Waals surface area contributed by atoms with E-state index >= 15 is 0 Å². The first kappa shape index (κ1) is 63.6. The normalized spacial score (nSPS) is 12.7. The second kappa shape index (κ2) is 55.2. The van der Waals surface area contributed by atoms with E-state index in [0.717, 1.165) is 116 Å². The van der Waals surface area contributed by atoms with Gasteiger partial charge in [-0.05, 0) is 116 Å². The molecule has 0 aliphatic rings. The lowest BCUT2D eigenvalue weighted by molar-refractivity contribution is -0.167. The second-order valence-electron chi connectivity index (χ2n) is 18.5. The van der Waals surface area contributed by atoms with E-state index < -0.39 is 6.10 Å². The van der Waals surface area contributed by atoms with Crippen molar-refractivity contribution in [1.29, 1.82) is 0 Å². The van der Waals surface area contributed by atoms with Crippen molar-refractivity contribution in [2.24, 2.45) is 0 Å². The molecule has 1 atom stereocenters. The van der Waals surface area contributed by atoms with Crippen molar-refractivity contribution in [3.8, 4) is 0 Å². The number of carbonyl (C=O) groups is 3. The Bertz CT molecular complexity index is 1300. The lowest BCUT2D eigenvalue weighted by Crippen LogP contribution is -2.30. The summed E-state index contributed by atoms with van der Waals surface area (Å²) < 4.78 is 16.8. The maximum Gasteiger partial charge on any atom is 0.306 e. The minimum Gasteiger partial charge on any atom is -0.462 e. The number of esters is 3. The van der Waals surface area contributed by atoms with Gasteiger partial charge in [0, 0.05) is 19.3 Å². The fourth-order valence-corrected chi connectivity index (χ4v) is 7.63. The Morgan fingerprint density at radius 3 is 0.955 bits per heavy atom. The minimum absolute atomic E-state index is 0.0942. The van der Waals surface area contributed by atoms with Crippen molar-refractivity contribution in [3.63, 3.8) is 0 Å². The molecule has 0 heterocycles. The molecule has 0 amide bonds. The highest BCUT2D eigenvalue weighted by molar-refractivity contribution is 5.71. The number of allylic oxidation sites excluding steroid dienone is 14. The van der Waals surface area contributed by atoms with E-state index in [1.165, 1.54) is 109 Å². The number of rotatable bonds is 50. The zero-order valence-electron chi connectivity index (χ0n) is 43.9. The standard InChI is InChI=1S/C61H104O6/c1-4-7-10-13-16-19-22-25-27-28-29-30-31-32-34-36-39-42-45-48-51-54-60(63)66-57-58(56-65-59(62)53-50-47-44-41-38-35-24-21-18-15-12-9-6-3)67-61(64)55-52-49-46-43-40-37-33-26-23-20-17-14-11-8-5-2/h9,12,17-18,20-22,25-26,28-29,33,35,38,58H,4-8,10-11,13-16,19,23-24,27,30-32,34,36-37,39-57H2,1-3H3/b12-9-,20-17-,21-18-,25-22-,29-28-,33-26-,38-35-. The lowest BCUT2D eigenvalue weighted by Gasteiger charge is -2.18. The van der Waals surface area contributed by atoms with Crippen LogP contribution >= 0.6 is 0 Å². The first-order valence-electron chi connectivity index (χ1n) is 28.1. The minimum atomic E-state index is -0.798. The molecule has 67 heavy (non-hydrogen) atoms. The summed E-state index contributed by atoms with van der Waals surface area (Å²) >= 11 is 0. The van der Waals surface area contributed by atoms with Crippen LogP contribution in [0.15, 0.2) is 85.1 Å². The average molecular weight is 933 g/mol. The van der Waals surface area contributed by atoms with Crippen LogP contribution in [0.3, 0.4) is 0 Å². The molecule has 0 saturated heterocycles. The van der Waals surface area contributed by atoms with Crippen molar-refractivity contribution < 1.29 is 28.6 Å². The second-order valence-corrected chi connectivity index (χ2v) is 18.5. The largest absolute Gasteiger partial charge is 0.462 e. The van der Waals surface area contributed by atoms with Gasteiger partial charge in [-0.2, -0.15) is 0 Å². The van der Waals surface area contributed by atoms with Crippen LogP contribution in [0.1, 0.15) is 265 Å². The van der Waals surface area contributed by atoms with Gasteiger partial charge in [0.15, 0.2) is 6.10 Å². The van der Waals surface area contributed by atoms with Gasteiger partial charge >= 0.3 is 17.9 Å². The molecule has 0 saturated carbocycles. The van der Waals surface area contributed by atoms with Crippen LogP contribution in [0.2, 0.25) is 0 Å². The molecule has 0 fully saturated rings. The van der Waals surface area contributed by atoms with Crippen molar-refractivity contribution >= 4 is 17.9 Å². The number of ether oxygens (including phenoxy) is 3. The maximum atomic E-state index is 12.8. The Kier molecular flexibility index (Phi) is 52.4. The first-order chi connectivity index (χ1) is 33.0. The third-order valence-electron chi connectivity index (χ3n) is 11.9. The lowest BCUT2D eigenvalue weighted by atomic mass is 10.1. The monoisotopic (exact) mass is 933 g/mol. The average Bonchev–Trinajstić information content (AvgIpc) is 3.33. The van der Waals surface area contributed by atoms with Crippen molar-refractivity contribution in [1.82, 2.24) is 0 Å². The Balaban J connectivity index is 4.39. The van der Waals surface area contributed by atoms with Gasteiger partial charge in [0.25, 0.3) is 0 Å². The molecule has 384 valence electrons.